The van der Waals surface area contributed by atoms with Gasteiger partial charge in [0.15, 0.2) is 0 Å². The van der Waals surface area contributed by atoms with Gasteiger partial charge in [-0.3, -0.25) is 14.4 Å². The standard InChI is InChI=1S/C29H26ClN3O5/c1-3-4-15-38-29(37)20-8-6-10-23(17-20)33-27(35)24(30)25(28(33)36)31-21-13-11-19(12-14-21)26(34)32-22-9-5-7-18(2)16-22/h5-14,16-17,31H,3-4,15H2,1-2H3,(H,32,34). The zero-order valence-corrected chi connectivity index (χ0v) is 21.7. The number of rotatable bonds is 9. The molecule has 0 aromatic heterocycles. The summed E-state index contributed by atoms with van der Waals surface area (Å²) in [6.07, 6.45) is 1.62. The normalized spacial score (nSPS) is 13.1. The molecule has 1 aliphatic rings. The predicted octanol–water partition coefficient (Wildman–Crippen LogP) is 5.64. The number of esters is 1. The minimum Gasteiger partial charge on any atom is -0.462 e. The SMILES string of the molecule is CCCCOC(=O)c1cccc(N2C(=O)C(Cl)=C(Nc3ccc(C(=O)Nc4cccc(C)c4)cc3)C2=O)c1. The molecule has 8 nitrogen and oxygen atoms in total. The van der Waals surface area contributed by atoms with Crippen molar-refractivity contribution in [3.05, 3.63) is 100 Å². The fourth-order valence-electron chi connectivity index (χ4n) is 3.79. The number of unbranched alkanes of at least 4 members (excludes halogenated alkanes) is 1. The van der Waals surface area contributed by atoms with E-state index < -0.39 is 17.8 Å². The summed E-state index contributed by atoms with van der Waals surface area (Å²) >= 11 is 6.24. The van der Waals surface area contributed by atoms with Crippen LogP contribution in [0, 0.1) is 6.92 Å². The first-order valence-corrected chi connectivity index (χ1v) is 12.5. The van der Waals surface area contributed by atoms with Crippen LogP contribution in [0.25, 0.3) is 0 Å². The van der Waals surface area contributed by atoms with Crippen LogP contribution >= 0.6 is 11.6 Å². The highest BCUT2D eigenvalue weighted by Gasteiger charge is 2.39. The summed E-state index contributed by atoms with van der Waals surface area (Å²) in [5.41, 5.74) is 2.89. The van der Waals surface area contributed by atoms with E-state index in [2.05, 4.69) is 10.6 Å². The molecular formula is C29H26ClN3O5. The van der Waals surface area contributed by atoms with Gasteiger partial charge in [-0.25, -0.2) is 9.69 Å². The molecule has 1 heterocycles. The summed E-state index contributed by atoms with van der Waals surface area (Å²) in [6.45, 7) is 4.21. The number of hydrogen-bond donors (Lipinski definition) is 2. The molecular weight excluding hydrogens is 506 g/mol. The van der Waals surface area contributed by atoms with Crippen molar-refractivity contribution in [1.29, 1.82) is 0 Å². The number of nitrogens with one attached hydrogen (secondary N) is 2. The molecule has 4 rings (SSSR count). The molecule has 3 aromatic carbocycles. The predicted molar refractivity (Wildman–Crippen MR) is 146 cm³/mol. The maximum atomic E-state index is 13.1. The molecule has 0 unspecified atom stereocenters. The second-order valence-corrected chi connectivity index (χ2v) is 9.08. The van der Waals surface area contributed by atoms with Crippen molar-refractivity contribution in [2.75, 3.05) is 22.1 Å². The van der Waals surface area contributed by atoms with Crippen LogP contribution in [-0.4, -0.2) is 30.3 Å². The van der Waals surface area contributed by atoms with Gasteiger partial charge >= 0.3 is 5.97 Å². The van der Waals surface area contributed by atoms with Crippen molar-refractivity contribution >= 4 is 52.4 Å². The Bertz CT molecular complexity index is 1430. The molecule has 0 saturated heterocycles. The first kappa shape index (κ1) is 26.6. The summed E-state index contributed by atoms with van der Waals surface area (Å²) < 4.78 is 5.22. The van der Waals surface area contributed by atoms with E-state index in [9.17, 15) is 19.2 Å². The lowest BCUT2D eigenvalue weighted by molar-refractivity contribution is -0.120. The van der Waals surface area contributed by atoms with Gasteiger partial charge in [0.1, 0.15) is 10.7 Å². The first-order chi connectivity index (χ1) is 18.3. The fourth-order valence-corrected chi connectivity index (χ4v) is 4.00. The molecule has 0 aliphatic carbocycles. The van der Waals surface area contributed by atoms with Gasteiger partial charge in [0, 0.05) is 16.9 Å². The van der Waals surface area contributed by atoms with E-state index in [1.807, 2.05) is 32.0 Å². The lowest BCUT2D eigenvalue weighted by atomic mass is 10.1. The molecule has 1 aliphatic heterocycles. The molecule has 0 atom stereocenters. The summed E-state index contributed by atoms with van der Waals surface area (Å²) in [6, 6.07) is 19.9. The van der Waals surface area contributed by atoms with Crippen molar-refractivity contribution in [3.63, 3.8) is 0 Å². The Morgan fingerprint density at radius 1 is 0.895 bits per heavy atom. The Morgan fingerprint density at radius 2 is 1.63 bits per heavy atom. The largest absolute Gasteiger partial charge is 0.462 e. The van der Waals surface area contributed by atoms with E-state index in [0.717, 1.165) is 23.3 Å². The van der Waals surface area contributed by atoms with E-state index in [1.54, 1.807) is 42.5 Å². The van der Waals surface area contributed by atoms with Crippen LogP contribution < -0.4 is 15.5 Å². The Hall–Kier alpha value is -4.43. The maximum absolute atomic E-state index is 13.1. The van der Waals surface area contributed by atoms with Gasteiger partial charge in [0.25, 0.3) is 17.7 Å². The number of amides is 3. The van der Waals surface area contributed by atoms with Gasteiger partial charge in [-0.2, -0.15) is 0 Å². The summed E-state index contributed by atoms with van der Waals surface area (Å²) in [5, 5.41) is 5.43. The topological polar surface area (TPSA) is 105 Å². The number of benzene rings is 3. The number of nitrogens with zero attached hydrogens (tertiary/aromatic N) is 1. The third kappa shape index (κ3) is 5.92. The molecule has 9 heteroatoms. The molecule has 0 fully saturated rings. The molecule has 0 radical (unpaired) electrons. The Morgan fingerprint density at radius 3 is 2.34 bits per heavy atom. The molecule has 0 bridgehead atoms. The highest BCUT2D eigenvalue weighted by Crippen LogP contribution is 2.31. The Kier molecular flexibility index (Phi) is 8.23. The number of carbonyl (C=O) groups excluding carboxylic acids is 4. The van der Waals surface area contributed by atoms with Gasteiger partial charge in [0.05, 0.1) is 17.9 Å². The number of aryl methyl sites for hydroxylation is 1. The highest BCUT2D eigenvalue weighted by atomic mass is 35.5. The first-order valence-electron chi connectivity index (χ1n) is 12.1. The third-order valence-corrected chi connectivity index (χ3v) is 6.14. The number of hydrogen-bond acceptors (Lipinski definition) is 6. The summed E-state index contributed by atoms with van der Waals surface area (Å²) in [4.78, 5) is 51.8. The molecule has 0 saturated carbocycles. The zero-order chi connectivity index (χ0) is 27.2. The maximum Gasteiger partial charge on any atom is 0.338 e. The van der Waals surface area contributed by atoms with E-state index in [-0.39, 0.29) is 34.5 Å². The fraction of sp³-hybridized carbons (Fsp3) is 0.172. The van der Waals surface area contributed by atoms with E-state index in [0.29, 0.717) is 16.9 Å². The van der Waals surface area contributed by atoms with E-state index in [1.165, 1.54) is 12.1 Å². The van der Waals surface area contributed by atoms with Crippen LogP contribution in [0.2, 0.25) is 0 Å². The van der Waals surface area contributed by atoms with Crippen LogP contribution in [0.15, 0.2) is 83.5 Å². The van der Waals surface area contributed by atoms with E-state index in [4.69, 9.17) is 16.3 Å². The van der Waals surface area contributed by atoms with E-state index >= 15 is 0 Å². The molecule has 2 N–H and O–H groups in total. The van der Waals surface area contributed by atoms with Crippen molar-refractivity contribution in [3.8, 4) is 0 Å². The average Bonchev–Trinajstić information content (AvgIpc) is 3.12. The minimum absolute atomic E-state index is 0.107. The lowest BCUT2D eigenvalue weighted by Gasteiger charge is -2.16. The van der Waals surface area contributed by atoms with Crippen molar-refractivity contribution in [2.24, 2.45) is 0 Å². The number of carbonyl (C=O) groups is 4. The quantitative estimate of drug-likeness (QED) is 0.210. The highest BCUT2D eigenvalue weighted by molar-refractivity contribution is 6.53. The van der Waals surface area contributed by atoms with Crippen LogP contribution in [0.3, 0.4) is 0 Å². The average molecular weight is 532 g/mol. The number of ether oxygens (including phenoxy) is 1. The molecule has 38 heavy (non-hydrogen) atoms. The van der Waals surface area contributed by atoms with Gasteiger partial charge < -0.3 is 15.4 Å². The van der Waals surface area contributed by atoms with Gasteiger partial charge in [-0.15, -0.1) is 0 Å². The Labute approximate surface area is 225 Å². The van der Waals surface area contributed by atoms with Crippen molar-refractivity contribution < 1.29 is 23.9 Å². The number of halogens is 1. The van der Waals surface area contributed by atoms with Crippen LogP contribution in [0.1, 0.15) is 46.0 Å². The van der Waals surface area contributed by atoms with Gasteiger partial charge in [0.2, 0.25) is 0 Å². The molecule has 3 amide bonds. The second-order valence-electron chi connectivity index (χ2n) is 8.70. The Balaban J connectivity index is 1.45. The van der Waals surface area contributed by atoms with Gasteiger partial charge in [-0.05, 0) is 73.5 Å². The monoisotopic (exact) mass is 531 g/mol. The minimum atomic E-state index is -0.718. The lowest BCUT2D eigenvalue weighted by Crippen LogP contribution is -2.32. The van der Waals surface area contributed by atoms with Crippen molar-refractivity contribution in [1.82, 2.24) is 0 Å². The zero-order valence-electron chi connectivity index (χ0n) is 20.9. The number of imide groups is 1. The van der Waals surface area contributed by atoms with Crippen LogP contribution in [-0.2, 0) is 14.3 Å². The van der Waals surface area contributed by atoms with Crippen LogP contribution in [0.5, 0.6) is 0 Å². The second kappa shape index (κ2) is 11.7. The smallest absolute Gasteiger partial charge is 0.338 e. The third-order valence-electron chi connectivity index (χ3n) is 5.79. The van der Waals surface area contributed by atoms with Crippen molar-refractivity contribution in [2.45, 2.75) is 26.7 Å². The van der Waals surface area contributed by atoms with Crippen LogP contribution in [0.4, 0.5) is 17.1 Å². The molecule has 3 aromatic rings. The molecule has 194 valence electrons. The summed E-state index contributed by atoms with van der Waals surface area (Å²) in [7, 11) is 0. The number of anilines is 3. The van der Waals surface area contributed by atoms with Gasteiger partial charge in [-0.1, -0.05) is 43.1 Å². The summed E-state index contributed by atoms with van der Waals surface area (Å²) in [5.74, 6) is -2.21. The molecule has 0 spiro atoms.